The minimum atomic E-state index is -0.564. The van der Waals surface area contributed by atoms with Gasteiger partial charge >= 0.3 is 0 Å². The molecule has 0 radical (unpaired) electrons. The zero-order valence-corrected chi connectivity index (χ0v) is 12.2. The zero-order valence-electron chi connectivity index (χ0n) is 11.4. The molecule has 1 unspecified atom stereocenters. The van der Waals surface area contributed by atoms with E-state index in [2.05, 4.69) is 17.6 Å². The highest BCUT2D eigenvalue weighted by Gasteiger charge is 2.14. The molecule has 0 aromatic heterocycles. The normalized spacial score (nSPS) is 11.9. The van der Waals surface area contributed by atoms with Crippen LogP contribution >= 0.6 is 11.6 Å². The minimum Gasteiger partial charge on any atom is -0.479 e. The Labute approximate surface area is 119 Å². The molecule has 0 aliphatic rings. The molecule has 0 saturated heterocycles. The fourth-order valence-electron chi connectivity index (χ4n) is 1.50. The number of hydrogen-bond acceptors (Lipinski definition) is 3. The monoisotopic (exact) mass is 284 g/mol. The van der Waals surface area contributed by atoms with Gasteiger partial charge in [-0.3, -0.25) is 4.79 Å². The third-order valence-corrected chi connectivity index (χ3v) is 2.85. The molecule has 1 aromatic carbocycles. The summed E-state index contributed by atoms with van der Waals surface area (Å²) in [5.74, 6) is 0.383. The van der Waals surface area contributed by atoms with E-state index in [1.54, 1.807) is 19.1 Å². The highest BCUT2D eigenvalue weighted by atomic mass is 35.5. The number of ether oxygens (including phenoxy) is 1. The number of amides is 1. The highest BCUT2D eigenvalue weighted by molar-refractivity contribution is 6.32. The van der Waals surface area contributed by atoms with Crippen LogP contribution in [0.25, 0.3) is 0 Å². The number of benzene rings is 1. The summed E-state index contributed by atoms with van der Waals surface area (Å²) in [6.45, 7) is 6.12. The van der Waals surface area contributed by atoms with Crippen molar-refractivity contribution in [1.82, 2.24) is 10.6 Å². The molecule has 4 nitrogen and oxygen atoms in total. The lowest BCUT2D eigenvalue weighted by Gasteiger charge is -2.15. The van der Waals surface area contributed by atoms with Gasteiger partial charge < -0.3 is 15.4 Å². The first-order chi connectivity index (χ1) is 9.15. The first-order valence-corrected chi connectivity index (χ1v) is 6.92. The fourth-order valence-corrected chi connectivity index (χ4v) is 1.68. The van der Waals surface area contributed by atoms with Crippen LogP contribution < -0.4 is 15.4 Å². The van der Waals surface area contributed by atoms with Gasteiger partial charge in [0, 0.05) is 13.1 Å². The van der Waals surface area contributed by atoms with E-state index in [-0.39, 0.29) is 5.91 Å². The van der Waals surface area contributed by atoms with Crippen molar-refractivity contribution >= 4 is 17.5 Å². The number of carbonyl (C=O) groups excluding carboxylic acids is 1. The van der Waals surface area contributed by atoms with Crippen LogP contribution in [0, 0.1) is 0 Å². The Bertz CT molecular complexity index is 399. The minimum absolute atomic E-state index is 0.141. The van der Waals surface area contributed by atoms with Gasteiger partial charge in [-0.2, -0.15) is 0 Å². The summed E-state index contributed by atoms with van der Waals surface area (Å²) in [6.07, 6.45) is 0.519. The van der Waals surface area contributed by atoms with Crippen molar-refractivity contribution in [1.29, 1.82) is 0 Å². The number of para-hydroxylation sites is 1. The van der Waals surface area contributed by atoms with Crippen molar-refractivity contribution in [3.63, 3.8) is 0 Å². The lowest BCUT2D eigenvalue weighted by Crippen LogP contribution is -2.39. The van der Waals surface area contributed by atoms with Crippen LogP contribution in [0.15, 0.2) is 24.3 Å². The molecule has 0 saturated carbocycles. The van der Waals surface area contributed by atoms with Gasteiger partial charge in [0.25, 0.3) is 5.91 Å². The highest BCUT2D eigenvalue weighted by Crippen LogP contribution is 2.24. The molecule has 5 heteroatoms. The van der Waals surface area contributed by atoms with Crippen LogP contribution in [0.4, 0.5) is 0 Å². The Morgan fingerprint density at radius 3 is 2.74 bits per heavy atom. The number of hydrogen-bond donors (Lipinski definition) is 2. The summed E-state index contributed by atoms with van der Waals surface area (Å²) >= 11 is 5.97. The SMILES string of the molecule is CCCNCCNC(=O)C(C)Oc1ccccc1Cl. The van der Waals surface area contributed by atoms with Gasteiger partial charge in [-0.15, -0.1) is 0 Å². The first-order valence-electron chi connectivity index (χ1n) is 6.54. The summed E-state index contributed by atoms with van der Waals surface area (Å²) in [4.78, 5) is 11.8. The number of rotatable bonds is 8. The van der Waals surface area contributed by atoms with Crippen molar-refractivity contribution in [2.24, 2.45) is 0 Å². The van der Waals surface area contributed by atoms with E-state index in [4.69, 9.17) is 16.3 Å². The average Bonchev–Trinajstić information content (AvgIpc) is 2.41. The van der Waals surface area contributed by atoms with Gasteiger partial charge in [0.2, 0.25) is 0 Å². The van der Waals surface area contributed by atoms with Gasteiger partial charge in [-0.25, -0.2) is 0 Å². The fraction of sp³-hybridized carbons (Fsp3) is 0.500. The zero-order chi connectivity index (χ0) is 14.1. The third kappa shape index (κ3) is 5.94. The van der Waals surface area contributed by atoms with E-state index in [1.165, 1.54) is 0 Å². The molecule has 0 aliphatic carbocycles. The second-order valence-electron chi connectivity index (χ2n) is 4.23. The molecule has 106 valence electrons. The summed E-state index contributed by atoms with van der Waals surface area (Å²) in [7, 11) is 0. The van der Waals surface area contributed by atoms with Crippen LogP contribution in [0.1, 0.15) is 20.3 Å². The van der Waals surface area contributed by atoms with E-state index in [0.29, 0.717) is 17.3 Å². The smallest absolute Gasteiger partial charge is 0.260 e. The number of nitrogens with one attached hydrogen (secondary N) is 2. The van der Waals surface area contributed by atoms with Gasteiger partial charge in [0.1, 0.15) is 5.75 Å². The van der Waals surface area contributed by atoms with Crippen molar-refractivity contribution in [3.8, 4) is 5.75 Å². The lowest BCUT2D eigenvalue weighted by molar-refractivity contribution is -0.127. The summed E-state index contributed by atoms with van der Waals surface area (Å²) in [5, 5.41) is 6.53. The lowest BCUT2D eigenvalue weighted by atomic mass is 10.3. The molecule has 0 heterocycles. The quantitative estimate of drug-likeness (QED) is 0.720. The van der Waals surface area contributed by atoms with Gasteiger partial charge in [-0.1, -0.05) is 30.7 Å². The summed E-state index contributed by atoms with van der Waals surface area (Å²) in [5.41, 5.74) is 0. The summed E-state index contributed by atoms with van der Waals surface area (Å²) in [6, 6.07) is 7.12. The third-order valence-electron chi connectivity index (χ3n) is 2.54. The van der Waals surface area contributed by atoms with E-state index < -0.39 is 6.10 Å². The average molecular weight is 285 g/mol. The molecule has 0 bridgehead atoms. The molecule has 1 amide bonds. The Balaban J connectivity index is 2.31. The van der Waals surface area contributed by atoms with Crippen LogP contribution in [0.2, 0.25) is 5.02 Å². The van der Waals surface area contributed by atoms with Gasteiger partial charge in [0.05, 0.1) is 5.02 Å². The van der Waals surface area contributed by atoms with Gasteiger partial charge in [-0.05, 0) is 32.0 Å². The maximum Gasteiger partial charge on any atom is 0.260 e. The molecule has 1 aromatic rings. The van der Waals surface area contributed by atoms with Crippen LogP contribution in [-0.2, 0) is 4.79 Å². The van der Waals surface area contributed by atoms with E-state index in [9.17, 15) is 4.79 Å². The van der Waals surface area contributed by atoms with Crippen molar-refractivity contribution in [3.05, 3.63) is 29.3 Å². The van der Waals surface area contributed by atoms with E-state index in [1.807, 2.05) is 12.1 Å². The predicted octanol–water partition coefficient (Wildman–Crippen LogP) is 2.22. The Morgan fingerprint density at radius 1 is 1.32 bits per heavy atom. The first kappa shape index (κ1) is 15.8. The topological polar surface area (TPSA) is 50.4 Å². The van der Waals surface area contributed by atoms with Gasteiger partial charge in [0.15, 0.2) is 6.10 Å². The molecule has 1 atom stereocenters. The van der Waals surface area contributed by atoms with E-state index in [0.717, 1.165) is 19.5 Å². The van der Waals surface area contributed by atoms with Crippen molar-refractivity contribution < 1.29 is 9.53 Å². The maximum atomic E-state index is 11.8. The largest absolute Gasteiger partial charge is 0.479 e. The molecular formula is C14H21ClN2O2. The second kappa shape index (κ2) is 8.77. The second-order valence-corrected chi connectivity index (χ2v) is 4.64. The summed E-state index contributed by atoms with van der Waals surface area (Å²) < 4.78 is 5.52. The van der Waals surface area contributed by atoms with Crippen LogP contribution in [0.5, 0.6) is 5.75 Å². The Morgan fingerprint density at radius 2 is 2.05 bits per heavy atom. The molecule has 1 rings (SSSR count). The molecule has 19 heavy (non-hydrogen) atoms. The number of halogens is 1. The van der Waals surface area contributed by atoms with E-state index >= 15 is 0 Å². The molecule has 0 fully saturated rings. The Hall–Kier alpha value is -1.26. The van der Waals surface area contributed by atoms with Crippen LogP contribution in [-0.4, -0.2) is 31.6 Å². The molecular weight excluding hydrogens is 264 g/mol. The Kier molecular flexibility index (Phi) is 7.30. The molecule has 0 aliphatic heterocycles. The van der Waals surface area contributed by atoms with Crippen molar-refractivity contribution in [2.75, 3.05) is 19.6 Å². The standard InChI is InChI=1S/C14H21ClN2O2/c1-3-8-16-9-10-17-14(18)11(2)19-13-7-5-4-6-12(13)15/h4-7,11,16H,3,8-10H2,1-2H3,(H,17,18). The van der Waals surface area contributed by atoms with Crippen molar-refractivity contribution in [2.45, 2.75) is 26.4 Å². The maximum absolute atomic E-state index is 11.8. The number of carbonyl (C=O) groups is 1. The van der Waals surface area contributed by atoms with Crippen LogP contribution in [0.3, 0.4) is 0 Å². The molecule has 0 spiro atoms. The predicted molar refractivity (Wildman–Crippen MR) is 77.7 cm³/mol. The molecule has 2 N–H and O–H groups in total.